The van der Waals surface area contributed by atoms with Crippen LogP contribution in [-0.4, -0.2) is 24.5 Å². The molecule has 0 spiro atoms. The molecule has 8 heteroatoms. The average Bonchev–Trinajstić information content (AvgIpc) is 2.26. The molecule has 3 nitrogen and oxygen atoms in total. The number of hydrogen-bond donors (Lipinski definition) is 1. The van der Waals surface area contributed by atoms with Crippen molar-refractivity contribution in [1.29, 1.82) is 0 Å². The van der Waals surface area contributed by atoms with E-state index in [1.165, 1.54) is 13.0 Å². The molecule has 0 unspecified atom stereocenters. The van der Waals surface area contributed by atoms with Gasteiger partial charge in [0.1, 0.15) is 5.75 Å². The van der Waals surface area contributed by atoms with E-state index in [9.17, 15) is 26.7 Å². The van der Waals surface area contributed by atoms with Gasteiger partial charge in [-0.25, -0.2) is 0 Å². The summed E-state index contributed by atoms with van der Waals surface area (Å²) >= 11 is 0. The number of anilines is 1. The first-order valence-electron chi connectivity index (χ1n) is 5.02. The predicted octanol–water partition coefficient (Wildman–Crippen LogP) is 3.05. The molecule has 0 aliphatic rings. The van der Waals surface area contributed by atoms with Gasteiger partial charge in [-0.1, -0.05) is 0 Å². The largest absolute Gasteiger partial charge is 0.487 e. The van der Waals surface area contributed by atoms with Crippen LogP contribution in [0.4, 0.5) is 27.6 Å². The van der Waals surface area contributed by atoms with Crippen LogP contribution in [0.3, 0.4) is 0 Å². The average molecular weight is 283 g/mol. The van der Waals surface area contributed by atoms with Gasteiger partial charge in [0.25, 0.3) is 0 Å². The van der Waals surface area contributed by atoms with Gasteiger partial charge in [0.2, 0.25) is 0 Å². The highest BCUT2D eigenvalue weighted by Gasteiger charge is 2.58. The highest BCUT2D eigenvalue weighted by Crippen LogP contribution is 2.35. The molecule has 0 bridgehead atoms. The SMILES string of the molecule is CC(=O)c1cc(OCC(F)(F)C(F)(F)F)ccc1N. The third kappa shape index (κ3) is 3.55. The van der Waals surface area contributed by atoms with Gasteiger partial charge in [-0.05, 0) is 25.1 Å². The van der Waals surface area contributed by atoms with Crippen molar-refractivity contribution < 1.29 is 31.5 Å². The number of rotatable bonds is 4. The normalized spacial score (nSPS) is 12.3. The molecule has 0 radical (unpaired) electrons. The molecule has 1 aromatic carbocycles. The number of carbonyl (C=O) groups is 1. The summed E-state index contributed by atoms with van der Waals surface area (Å²) in [4.78, 5) is 11.1. The Balaban J connectivity index is 2.85. The second kappa shape index (κ2) is 5.02. The van der Waals surface area contributed by atoms with Crippen LogP contribution < -0.4 is 10.5 Å². The molecular weight excluding hydrogens is 273 g/mol. The highest BCUT2D eigenvalue weighted by molar-refractivity contribution is 5.99. The van der Waals surface area contributed by atoms with Crippen LogP contribution >= 0.6 is 0 Å². The Morgan fingerprint density at radius 1 is 1.26 bits per heavy atom. The number of Topliss-reactive ketones (excluding diaryl/α,β-unsaturated/α-hetero) is 1. The van der Waals surface area contributed by atoms with Crippen molar-refractivity contribution in [1.82, 2.24) is 0 Å². The van der Waals surface area contributed by atoms with Gasteiger partial charge >= 0.3 is 12.1 Å². The van der Waals surface area contributed by atoms with E-state index in [1.807, 2.05) is 0 Å². The molecule has 0 atom stereocenters. The van der Waals surface area contributed by atoms with Gasteiger partial charge in [-0.3, -0.25) is 4.79 Å². The van der Waals surface area contributed by atoms with Gasteiger partial charge in [-0.15, -0.1) is 0 Å². The number of benzene rings is 1. The number of ketones is 1. The highest BCUT2D eigenvalue weighted by atomic mass is 19.4. The summed E-state index contributed by atoms with van der Waals surface area (Å²) in [5.74, 6) is -5.71. The Kier molecular flexibility index (Phi) is 4.02. The van der Waals surface area contributed by atoms with Crippen molar-refractivity contribution in [3.8, 4) is 5.75 Å². The van der Waals surface area contributed by atoms with E-state index in [1.54, 1.807) is 0 Å². The van der Waals surface area contributed by atoms with Crippen molar-refractivity contribution >= 4 is 11.5 Å². The maximum Gasteiger partial charge on any atom is 0.456 e. The molecular formula is C11H10F5NO2. The zero-order chi connectivity index (χ0) is 14.8. The summed E-state index contributed by atoms with van der Waals surface area (Å²) < 4.78 is 65.3. The van der Waals surface area contributed by atoms with E-state index in [0.717, 1.165) is 12.1 Å². The quantitative estimate of drug-likeness (QED) is 0.525. The number of nitrogens with two attached hydrogens (primary N) is 1. The fourth-order valence-electron chi connectivity index (χ4n) is 1.19. The van der Waals surface area contributed by atoms with Gasteiger partial charge < -0.3 is 10.5 Å². The van der Waals surface area contributed by atoms with Crippen LogP contribution in [0.5, 0.6) is 5.75 Å². The number of ether oxygens (including phenoxy) is 1. The molecule has 0 amide bonds. The second-order valence-electron chi connectivity index (χ2n) is 3.80. The van der Waals surface area contributed by atoms with E-state index in [2.05, 4.69) is 4.74 Å². The van der Waals surface area contributed by atoms with Crippen molar-refractivity contribution in [2.45, 2.75) is 19.0 Å². The topological polar surface area (TPSA) is 52.3 Å². The van der Waals surface area contributed by atoms with E-state index < -0.39 is 24.5 Å². The standard InChI is InChI=1S/C11H10F5NO2/c1-6(18)8-4-7(2-3-9(8)17)19-5-10(12,13)11(14,15)16/h2-4H,5,17H2,1H3. The molecule has 0 aromatic heterocycles. The number of carbonyl (C=O) groups excluding carboxylic acids is 1. The van der Waals surface area contributed by atoms with Crippen molar-refractivity contribution in [2.24, 2.45) is 0 Å². The lowest BCUT2D eigenvalue weighted by molar-refractivity contribution is -0.290. The van der Waals surface area contributed by atoms with Gasteiger partial charge in [0.05, 0.1) is 0 Å². The summed E-state index contributed by atoms with van der Waals surface area (Å²) in [5, 5.41) is 0. The van der Waals surface area contributed by atoms with E-state index in [4.69, 9.17) is 5.73 Å². The molecule has 0 saturated heterocycles. The molecule has 0 fully saturated rings. The molecule has 1 rings (SSSR count). The van der Waals surface area contributed by atoms with E-state index in [0.29, 0.717) is 0 Å². The zero-order valence-corrected chi connectivity index (χ0v) is 9.72. The minimum atomic E-state index is -5.69. The van der Waals surface area contributed by atoms with Gasteiger partial charge in [-0.2, -0.15) is 22.0 Å². The Bertz CT molecular complexity index is 484. The van der Waals surface area contributed by atoms with Crippen LogP contribution in [-0.2, 0) is 0 Å². The molecule has 106 valence electrons. The second-order valence-corrected chi connectivity index (χ2v) is 3.80. The third-order valence-corrected chi connectivity index (χ3v) is 2.24. The van der Waals surface area contributed by atoms with Crippen LogP contribution in [0.1, 0.15) is 17.3 Å². The summed E-state index contributed by atoms with van der Waals surface area (Å²) in [6.45, 7) is -0.683. The Morgan fingerprint density at radius 3 is 2.32 bits per heavy atom. The lowest BCUT2D eigenvalue weighted by Gasteiger charge is -2.20. The summed E-state index contributed by atoms with van der Waals surface area (Å²) in [7, 11) is 0. The van der Waals surface area contributed by atoms with Gasteiger partial charge in [0.15, 0.2) is 12.4 Å². The van der Waals surface area contributed by atoms with Crippen molar-refractivity contribution in [2.75, 3.05) is 12.3 Å². The minimum absolute atomic E-state index is 0.00664. The van der Waals surface area contributed by atoms with Crippen LogP contribution in [0.15, 0.2) is 18.2 Å². The predicted molar refractivity (Wildman–Crippen MR) is 57.4 cm³/mol. The molecule has 0 saturated carbocycles. The summed E-state index contributed by atoms with van der Waals surface area (Å²) in [6, 6.07) is 3.32. The Hall–Kier alpha value is -1.86. The lowest BCUT2D eigenvalue weighted by Crippen LogP contribution is -2.41. The first kappa shape index (κ1) is 15.2. The monoisotopic (exact) mass is 283 g/mol. The van der Waals surface area contributed by atoms with E-state index in [-0.39, 0.29) is 17.0 Å². The molecule has 19 heavy (non-hydrogen) atoms. The summed E-state index contributed by atoms with van der Waals surface area (Å²) in [6.07, 6.45) is -5.69. The van der Waals surface area contributed by atoms with Crippen molar-refractivity contribution in [3.05, 3.63) is 23.8 Å². The number of nitrogen functional groups attached to an aromatic ring is 1. The molecule has 0 aliphatic heterocycles. The van der Waals surface area contributed by atoms with E-state index >= 15 is 0 Å². The van der Waals surface area contributed by atoms with Crippen LogP contribution in [0.2, 0.25) is 0 Å². The van der Waals surface area contributed by atoms with Gasteiger partial charge in [0, 0.05) is 11.3 Å². The zero-order valence-electron chi connectivity index (χ0n) is 9.72. The summed E-state index contributed by atoms with van der Waals surface area (Å²) in [5.41, 5.74) is 5.52. The number of alkyl halides is 5. The molecule has 0 heterocycles. The Labute approximate surface area is 105 Å². The fourth-order valence-corrected chi connectivity index (χ4v) is 1.19. The first-order chi connectivity index (χ1) is 8.54. The van der Waals surface area contributed by atoms with Crippen molar-refractivity contribution in [3.63, 3.8) is 0 Å². The Morgan fingerprint density at radius 2 is 1.84 bits per heavy atom. The minimum Gasteiger partial charge on any atom is -0.487 e. The third-order valence-electron chi connectivity index (χ3n) is 2.24. The number of hydrogen-bond acceptors (Lipinski definition) is 3. The molecule has 0 aliphatic carbocycles. The smallest absolute Gasteiger partial charge is 0.456 e. The molecule has 2 N–H and O–H groups in total. The van der Waals surface area contributed by atoms with Crippen LogP contribution in [0.25, 0.3) is 0 Å². The van der Waals surface area contributed by atoms with Crippen LogP contribution in [0, 0.1) is 0 Å². The fraction of sp³-hybridized carbons (Fsp3) is 0.364. The number of halogens is 5. The maximum absolute atomic E-state index is 12.6. The maximum atomic E-state index is 12.6. The molecule has 1 aromatic rings. The lowest BCUT2D eigenvalue weighted by atomic mass is 10.1. The first-order valence-corrected chi connectivity index (χ1v) is 5.02.